The van der Waals surface area contributed by atoms with E-state index in [-0.39, 0.29) is 0 Å². The molecular weight excluding hydrogens is 182 g/mol. The van der Waals surface area contributed by atoms with Crippen molar-refractivity contribution in [3.8, 4) is 0 Å². The van der Waals surface area contributed by atoms with Crippen LogP contribution in [0.15, 0.2) is 30.3 Å². The molecule has 0 unspecified atom stereocenters. The third-order valence-corrected chi connectivity index (χ3v) is 3.78. The highest BCUT2D eigenvalue weighted by Crippen LogP contribution is 2.53. The second kappa shape index (κ2) is 3.97. The van der Waals surface area contributed by atoms with Crippen molar-refractivity contribution < 1.29 is 0 Å². The van der Waals surface area contributed by atoms with Gasteiger partial charge in [0.05, 0.1) is 0 Å². The fraction of sp³-hybridized carbons (Fsp3) is 0.571. The van der Waals surface area contributed by atoms with Crippen LogP contribution >= 0.6 is 0 Å². The molecule has 0 aromatic heterocycles. The first-order chi connectivity index (χ1) is 7.43. The predicted octanol–water partition coefficient (Wildman–Crippen LogP) is 2.82. The lowest BCUT2D eigenvalue weighted by Gasteiger charge is -2.03. The normalized spacial score (nSPS) is 29.1. The SMILES string of the molecule is c1ccc(CNC[C@@H]2C[C@H]2C2CC2)cc1. The lowest BCUT2D eigenvalue weighted by molar-refractivity contribution is 0.567. The Morgan fingerprint density at radius 2 is 1.93 bits per heavy atom. The minimum atomic E-state index is 1.00. The topological polar surface area (TPSA) is 12.0 Å². The fourth-order valence-corrected chi connectivity index (χ4v) is 2.61. The van der Waals surface area contributed by atoms with Gasteiger partial charge in [-0.05, 0) is 49.1 Å². The lowest BCUT2D eigenvalue weighted by Crippen LogP contribution is -2.17. The van der Waals surface area contributed by atoms with Crippen molar-refractivity contribution in [2.24, 2.45) is 17.8 Å². The molecule has 80 valence electrons. The van der Waals surface area contributed by atoms with Crippen molar-refractivity contribution >= 4 is 0 Å². The monoisotopic (exact) mass is 201 g/mol. The van der Waals surface area contributed by atoms with E-state index in [1.54, 1.807) is 0 Å². The second-order valence-electron chi connectivity index (χ2n) is 5.11. The van der Waals surface area contributed by atoms with Crippen LogP contribution in [0.3, 0.4) is 0 Å². The smallest absolute Gasteiger partial charge is 0.0205 e. The molecule has 1 aromatic carbocycles. The maximum Gasteiger partial charge on any atom is 0.0205 e. The summed E-state index contributed by atoms with van der Waals surface area (Å²) in [5, 5.41) is 3.58. The van der Waals surface area contributed by atoms with Gasteiger partial charge in [0.1, 0.15) is 0 Å². The van der Waals surface area contributed by atoms with E-state index in [9.17, 15) is 0 Å². The summed E-state index contributed by atoms with van der Waals surface area (Å²) < 4.78 is 0. The lowest BCUT2D eigenvalue weighted by atomic mass is 10.2. The van der Waals surface area contributed by atoms with Crippen LogP contribution in [0.1, 0.15) is 24.8 Å². The summed E-state index contributed by atoms with van der Waals surface area (Å²) in [6, 6.07) is 10.7. The zero-order valence-electron chi connectivity index (χ0n) is 9.15. The third-order valence-electron chi connectivity index (χ3n) is 3.78. The van der Waals surface area contributed by atoms with Crippen LogP contribution in [0.5, 0.6) is 0 Å². The summed E-state index contributed by atoms with van der Waals surface area (Å²) in [6.45, 7) is 2.27. The molecule has 1 N–H and O–H groups in total. The Labute approximate surface area is 91.9 Å². The van der Waals surface area contributed by atoms with E-state index in [2.05, 4.69) is 35.6 Å². The van der Waals surface area contributed by atoms with Gasteiger partial charge in [0.2, 0.25) is 0 Å². The van der Waals surface area contributed by atoms with Gasteiger partial charge in [-0.3, -0.25) is 0 Å². The molecule has 1 heteroatoms. The van der Waals surface area contributed by atoms with Crippen LogP contribution in [0.4, 0.5) is 0 Å². The molecule has 0 amide bonds. The van der Waals surface area contributed by atoms with E-state index in [4.69, 9.17) is 0 Å². The Bertz CT molecular complexity index is 315. The largest absolute Gasteiger partial charge is 0.312 e. The van der Waals surface area contributed by atoms with Gasteiger partial charge >= 0.3 is 0 Å². The zero-order valence-corrected chi connectivity index (χ0v) is 9.15. The highest BCUT2D eigenvalue weighted by atomic mass is 14.9. The number of benzene rings is 1. The van der Waals surface area contributed by atoms with Crippen molar-refractivity contribution in [3.63, 3.8) is 0 Å². The van der Waals surface area contributed by atoms with Crippen molar-refractivity contribution in [1.82, 2.24) is 5.32 Å². The molecule has 3 rings (SSSR count). The van der Waals surface area contributed by atoms with Gasteiger partial charge in [0, 0.05) is 6.54 Å². The minimum Gasteiger partial charge on any atom is -0.312 e. The molecule has 0 radical (unpaired) electrons. The highest BCUT2D eigenvalue weighted by molar-refractivity contribution is 5.14. The van der Waals surface area contributed by atoms with Crippen LogP contribution in [0.25, 0.3) is 0 Å². The average molecular weight is 201 g/mol. The van der Waals surface area contributed by atoms with Gasteiger partial charge in [-0.2, -0.15) is 0 Å². The van der Waals surface area contributed by atoms with E-state index in [1.165, 1.54) is 31.4 Å². The molecule has 0 aliphatic heterocycles. The van der Waals surface area contributed by atoms with Gasteiger partial charge in [0.25, 0.3) is 0 Å². The molecule has 2 aliphatic rings. The Kier molecular flexibility index (Phi) is 2.49. The average Bonchev–Trinajstić information content (AvgIpc) is 3.13. The fourth-order valence-electron chi connectivity index (χ4n) is 2.61. The molecule has 2 atom stereocenters. The maximum atomic E-state index is 3.58. The number of hydrogen-bond donors (Lipinski definition) is 1. The standard InChI is InChI=1S/C14H19N/c1-2-4-11(5-3-1)9-15-10-13-8-14(13)12-6-7-12/h1-5,12-15H,6-10H2/t13-,14-/m0/s1. The third kappa shape index (κ3) is 2.40. The first kappa shape index (κ1) is 9.41. The van der Waals surface area contributed by atoms with Gasteiger partial charge in [0.15, 0.2) is 0 Å². The summed E-state index contributed by atoms with van der Waals surface area (Å²) in [7, 11) is 0. The van der Waals surface area contributed by atoms with Crippen LogP contribution in [0, 0.1) is 17.8 Å². The van der Waals surface area contributed by atoms with Crippen LogP contribution in [-0.2, 0) is 6.54 Å². The Balaban J connectivity index is 1.37. The molecule has 0 saturated heterocycles. The molecule has 1 aromatic rings. The van der Waals surface area contributed by atoms with E-state index >= 15 is 0 Å². The van der Waals surface area contributed by atoms with Crippen molar-refractivity contribution in [2.75, 3.05) is 6.54 Å². The van der Waals surface area contributed by atoms with Gasteiger partial charge in [-0.25, -0.2) is 0 Å². The molecule has 1 nitrogen and oxygen atoms in total. The maximum absolute atomic E-state index is 3.58. The molecule has 0 heterocycles. The first-order valence-corrected chi connectivity index (χ1v) is 6.18. The van der Waals surface area contributed by atoms with Gasteiger partial charge in [-0.1, -0.05) is 30.3 Å². The number of rotatable bonds is 5. The second-order valence-corrected chi connectivity index (χ2v) is 5.11. The summed E-state index contributed by atoms with van der Waals surface area (Å²) in [5.74, 6) is 3.21. The van der Waals surface area contributed by atoms with E-state index in [0.717, 1.165) is 24.3 Å². The quantitative estimate of drug-likeness (QED) is 0.772. The molecule has 0 spiro atoms. The molecule has 2 saturated carbocycles. The predicted molar refractivity (Wildman–Crippen MR) is 62.5 cm³/mol. The van der Waals surface area contributed by atoms with Crippen LogP contribution in [-0.4, -0.2) is 6.54 Å². The van der Waals surface area contributed by atoms with E-state index < -0.39 is 0 Å². The zero-order chi connectivity index (χ0) is 10.1. The van der Waals surface area contributed by atoms with Gasteiger partial charge in [-0.15, -0.1) is 0 Å². The number of hydrogen-bond acceptors (Lipinski definition) is 1. The van der Waals surface area contributed by atoms with Crippen molar-refractivity contribution in [1.29, 1.82) is 0 Å². The Hall–Kier alpha value is -0.820. The van der Waals surface area contributed by atoms with E-state index in [0.29, 0.717) is 0 Å². The molecule has 2 aliphatic carbocycles. The molecular formula is C14H19N. The van der Waals surface area contributed by atoms with Crippen LogP contribution < -0.4 is 5.32 Å². The molecule has 2 fully saturated rings. The van der Waals surface area contributed by atoms with Crippen molar-refractivity contribution in [3.05, 3.63) is 35.9 Å². The summed E-state index contributed by atoms with van der Waals surface area (Å²) in [4.78, 5) is 0. The van der Waals surface area contributed by atoms with Crippen molar-refractivity contribution in [2.45, 2.75) is 25.8 Å². The van der Waals surface area contributed by atoms with Crippen LogP contribution in [0.2, 0.25) is 0 Å². The Morgan fingerprint density at radius 1 is 1.13 bits per heavy atom. The first-order valence-electron chi connectivity index (χ1n) is 6.18. The summed E-state index contributed by atoms with van der Waals surface area (Å²) >= 11 is 0. The molecule has 15 heavy (non-hydrogen) atoms. The number of nitrogens with one attached hydrogen (secondary N) is 1. The summed E-state index contributed by atoms with van der Waals surface area (Å²) in [5.41, 5.74) is 1.40. The summed E-state index contributed by atoms with van der Waals surface area (Å²) in [6.07, 6.45) is 4.52. The van der Waals surface area contributed by atoms with E-state index in [1.807, 2.05) is 0 Å². The highest BCUT2D eigenvalue weighted by Gasteiger charge is 2.46. The molecule has 0 bridgehead atoms. The Morgan fingerprint density at radius 3 is 2.67 bits per heavy atom. The van der Waals surface area contributed by atoms with Gasteiger partial charge < -0.3 is 5.32 Å². The minimum absolute atomic E-state index is 1.00.